The number of ether oxygens (including phenoxy) is 1. The summed E-state index contributed by atoms with van der Waals surface area (Å²) in [5.41, 5.74) is 1.14. The van der Waals surface area contributed by atoms with E-state index < -0.39 is 4.92 Å². The molecular formula is C20H18N4O5. The quantitative estimate of drug-likeness (QED) is 0.466. The van der Waals surface area contributed by atoms with Gasteiger partial charge < -0.3 is 14.2 Å². The van der Waals surface area contributed by atoms with Crippen LogP contribution in [0.1, 0.15) is 12.8 Å². The zero-order valence-electron chi connectivity index (χ0n) is 15.5. The predicted molar refractivity (Wildman–Crippen MR) is 103 cm³/mol. The van der Waals surface area contributed by atoms with Crippen molar-refractivity contribution in [3.05, 3.63) is 58.6 Å². The third-order valence-corrected chi connectivity index (χ3v) is 4.69. The van der Waals surface area contributed by atoms with Gasteiger partial charge in [0.15, 0.2) is 6.61 Å². The molecule has 3 aromatic rings. The Bertz CT molecular complexity index is 1030. The number of amides is 1. The van der Waals surface area contributed by atoms with E-state index in [0.29, 0.717) is 22.7 Å². The second kappa shape index (κ2) is 8.09. The topological polar surface area (TPSA) is 112 Å². The molecular weight excluding hydrogens is 376 g/mol. The van der Waals surface area contributed by atoms with Crippen molar-refractivity contribution in [1.82, 2.24) is 15.0 Å². The van der Waals surface area contributed by atoms with Crippen LogP contribution in [0.2, 0.25) is 0 Å². The van der Waals surface area contributed by atoms with Gasteiger partial charge in [0.1, 0.15) is 5.75 Å². The maximum absolute atomic E-state index is 12.2. The van der Waals surface area contributed by atoms with Crippen molar-refractivity contribution >= 4 is 11.6 Å². The Labute approximate surface area is 166 Å². The summed E-state index contributed by atoms with van der Waals surface area (Å²) in [7, 11) is 0. The number of likely N-dealkylation sites (tertiary alicyclic amines) is 1. The van der Waals surface area contributed by atoms with Crippen LogP contribution in [0.25, 0.3) is 22.8 Å². The highest BCUT2D eigenvalue weighted by molar-refractivity contribution is 5.78. The third-order valence-electron chi connectivity index (χ3n) is 4.69. The molecule has 29 heavy (non-hydrogen) atoms. The van der Waals surface area contributed by atoms with E-state index in [4.69, 9.17) is 9.26 Å². The Hall–Kier alpha value is -3.75. The summed E-state index contributed by atoms with van der Waals surface area (Å²) in [6, 6.07) is 13.0. The molecule has 0 saturated carbocycles. The van der Waals surface area contributed by atoms with E-state index in [1.807, 2.05) is 6.07 Å². The molecule has 1 amide bonds. The number of hydrogen-bond donors (Lipinski definition) is 0. The Balaban J connectivity index is 1.51. The normalized spacial score (nSPS) is 13.4. The first kappa shape index (κ1) is 18.6. The molecule has 0 N–H and O–H groups in total. The Morgan fingerprint density at radius 2 is 1.86 bits per heavy atom. The summed E-state index contributed by atoms with van der Waals surface area (Å²) in [5.74, 6) is 0.980. The molecule has 0 atom stereocenters. The lowest BCUT2D eigenvalue weighted by Gasteiger charge is -2.16. The Morgan fingerprint density at radius 1 is 1.14 bits per heavy atom. The van der Waals surface area contributed by atoms with Crippen LogP contribution < -0.4 is 4.74 Å². The van der Waals surface area contributed by atoms with Crippen LogP contribution in [0.3, 0.4) is 0 Å². The van der Waals surface area contributed by atoms with Crippen molar-refractivity contribution in [2.45, 2.75) is 12.8 Å². The monoisotopic (exact) mass is 394 g/mol. The molecule has 4 rings (SSSR count). The SMILES string of the molecule is O=C(COc1ccccc1-c1noc(-c2ccc([N+](=O)[O-])cc2)n1)N1CCCC1. The van der Waals surface area contributed by atoms with Gasteiger partial charge in [-0.1, -0.05) is 17.3 Å². The first-order valence-electron chi connectivity index (χ1n) is 9.20. The number of nitro benzene ring substituents is 1. The first-order chi connectivity index (χ1) is 14.1. The smallest absolute Gasteiger partial charge is 0.269 e. The first-order valence-corrected chi connectivity index (χ1v) is 9.20. The van der Waals surface area contributed by atoms with Gasteiger partial charge in [-0.15, -0.1) is 0 Å². The molecule has 1 saturated heterocycles. The zero-order valence-corrected chi connectivity index (χ0v) is 15.5. The average Bonchev–Trinajstić information content (AvgIpc) is 3.44. The number of nitrogens with zero attached hydrogens (tertiary/aromatic N) is 4. The van der Waals surface area contributed by atoms with Gasteiger partial charge in [0.25, 0.3) is 17.5 Å². The van der Waals surface area contributed by atoms with Crippen molar-refractivity contribution in [3.8, 4) is 28.6 Å². The Kier molecular flexibility index (Phi) is 5.19. The number of aromatic nitrogens is 2. The van der Waals surface area contributed by atoms with Crippen LogP contribution in [0.5, 0.6) is 5.75 Å². The number of rotatable bonds is 6. The molecule has 1 aliphatic heterocycles. The van der Waals surface area contributed by atoms with E-state index in [9.17, 15) is 14.9 Å². The summed E-state index contributed by atoms with van der Waals surface area (Å²) in [6.07, 6.45) is 2.05. The van der Waals surface area contributed by atoms with Crippen LogP contribution in [0.15, 0.2) is 53.1 Å². The third kappa shape index (κ3) is 4.08. The van der Waals surface area contributed by atoms with E-state index in [2.05, 4.69) is 10.1 Å². The molecule has 1 aromatic heterocycles. The number of hydrogen-bond acceptors (Lipinski definition) is 7. The molecule has 1 aliphatic rings. The van der Waals surface area contributed by atoms with Crippen LogP contribution >= 0.6 is 0 Å². The van der Waals surface area contributed by atoms with Crippen molar-refractivity contribution in [2.75, 3.05) is 19.7 Å². The number of carbonyl (C=O) groups excluding carboxylic acids is 1. The van der Waals surface area contributed by atoms with Gasteiger partial charge in [-0.25, -0.2) is 0 Å². The number of carbonyl (C=O) groups is 1. The Morgan fingerprint density at radius 3 is 2.59 bits per heavy atom. The molecule has 9 heteroatoms. The fourth-order valence-corrected chi connectivity index (χ4v) is 3.15. The minimum atomic E-state index is -0.472. The maximum atomic E-state index is 12.2. The van der Waals surface area contributed by atoms with E-state index in [1.165, 1.54) is 12.1 Å². The largest absolute Gasteiger partial charge is 0.483 e. The molecule has 1 fully saturated rings. The summed E-state index contributed by atoms with van der Waals surface area (Å²) in [4.78, 5) is 28.7. The second-order valence-electron chi connectivity index (χ2n) is 6.60. The number of non-ortho nitro benzene ring substituents is 1. The molecule has 0 aliphatic carbocycles. The lowest BCUT2D eigenvalue weighted by atomic mass is 10.2. The molecule has 0 bridgehead atoms. The van der Waals surface area contributed by atoms with Gasteiger partial charge in [-0.2, -0.15) is 4.98 Å². The predicted octanol–water partition coefficient (Wildman–Crippen LogP) is 3.31. The van der Waals surface area contributed by atoms with Crippen LogP contribution in [-0.4, -0.2) is 45.6 Å². The summed E-state index contributed by atoms with van der Waals surface area (Å²) in [6.45, 7) is 1.49. The van der Waals surface area contributed by atoms with Gasteiger partial charge >= 0.3 is 0 Å². The average molecular weight is 394 g/mol. The van der Waals surface area contributed by atoms with Gasteiger partial charge in [-0.05, 0) is 37.1 Å². The number of benzene rings is 2. The molecule has 148 valence electrons. The summed E-state index contributed by atoms with van der Waals surface area (Å²) in [5, 5.41) is 14.8. The highest BCUT2D eigenvalue weighted by atomic mass is 16.6. The molecule has 2 aromatic carbocycles. The summed E-state index contributed by atoms with van der Waals surface area (Å²) < 4.78 is 11.0. The van der Waals surface area contributed by atoms with Gasteiger partial charge in [0, 0.05) is 30.8 Å². The van der Waals surface area contributed by atoms with Gasteiger partial charge in [0.05, 0.1) is 10.5 Å². The van der Waals surface area contributed by atoms with Crippen LogP contribution in [0, 0.1) is 10.1 Å². The van der Waals surface area contributed by atoms with E-state index >= 15 is 0 Å². The fraction of sp³-hybridized carbons (Fsp3) is 0.250. The van der Waals surface area contributed by atoms with Crippen molar-refractivity contribution < 1.29 is 19.0 Å². The molecule has 0 radical (unpaired) electrons. The highest BCUT2D eigenvalue weighted by Gasteiger charge is 2.20. The van der Waals surface area contributed by atoms with Crippen molar-refractivity contribution in [2.24, 2.45) is 0 Å². The number of nitro groups is 1. The lowest BCUT2D eigenvalue weighted by molar-refractivity contribution is -0.384. The molecule has 9 nitrogen and oxygen atoms in total. The highest BCUT2D eigenvalue weighted by Crippen LogP contribution is 2.30. The molecule has 2 heterocycles. The second-order valence-corrected chi connectivity index (χ2v) is 6.60. The van der Waals surface area contributed by atoms with Gasteiger partial charge in [0.2, 0.25) is 5.82 Å². The minimum Gasteiger partial charge on any atom is -0.483 e. The summed E-state index contributed by atoms with van der Waals surface area (Å²) >= 11 is 0. The van der Waals surface area contributed by atoms with Crippen LogP contribution in [-0.2, 0) is 4.79 Å². The van der Waals surface area contributed by atoms with E-state index in [1.54, 1.807) is 35.2 Å². The van der Waals surface area contributed by atoms with E-state index in [-0.39, 0.29) is 24.1 Å². The lowest BCUT2D eigenvalue weighted by Crippen LogP contribution is -2.32. The van der Waals surface area contributed by atoms with Gasteiger partial charge in [-0.3, -0.25) is 14.9 Å². The minimum absolute atomic E-state index is 0.0186. The maximum Gasteiger partial charge on any atom is 0.269 e. The number of para-hydroxylation sites is 1. The van der Waals surface area contributed by atoms with Crippen LogP contribution in [0.4, 0.5) is 5.69 Å². The zero-order chi connectivity index (χ0) is 20.2. The standard InChI is InChI=1S/C20H18N4O5/c25-18(23-11-3-4-12-23)13-28-17-6-2-1-5-16(17)19-21-20(29-22-19)14-7-9-15(10-8-14)24(26)27/h1-2,5-10H,3-4,11-13H2. The van der Waals surface area contributed by atoms with Crippen molar-refractivity contribution in [1.29, 1.82) is 0 Å². The molecule has 0 spiro atoms. The fourth-order valence-electron chi connectivity index (χ4n) is 3.15. The van der Waals surface area contributed by atoms with Crippen molar-refractivity contribution in [3.63, 3.8) is 0 Å². The van der Waals surface area contributed by atoms with E-state index in [0.717, 1.165) is 25.9 Å². The molecule has 0 unspecified atom stereocenters.